The first kappa shape index (κ1) is 22.0. The van der Waals surface area contributed by atoms with Crippen molar-refractivity contribution in [3.8, 4) is 5.75 Å². The van der Waals surface area contributed by atoms with E-state index in [1.165, 1.54) is 40.9 Å². The fourth-order valence-electron chi connectivity index (χ4n) is 2.97. The van der Waals surface area contributed by atoms with Gasteiger partial charge in [0.2, 0.25) is 0 Å². The maximum absolute atomic E-state index is 12.9. The largest absolute Gasteiger partial charge is 0.489 e. The Morgan fingerprint density at radius 2 is 1.69 bits per heavy atom. The highest BCUT2D eigenvalue weighted by atomic mass is 35.5. The fourth-order valence-corrected chi connectivity index (χ4v) is 4.40. The highest BCUT2D eigenvalue weighted by Crippen LogP contribution is 2.36. The maximum atomic E-state index is 12.9. The number of rotatable bonds is 6. The van der Waals surface area contributed by atoms with Crippen molar-refractivity contribution in [2.45, 2.75) is 6.61 Å². The van der Waals surface area contributed by atoms with Gasteiger partial charge in [-0.3, -0.25) is 19.8 Å². The normalized spacial score (nSPS) is 14.8. The number of non-ortho nitro benzene ring substituents is 1. The van der Waals surface area contributed by atoms with Gasteiger partial charge in [0.05, 0.1) is 15.5 Å². The molecule has 9 heteroatoms. The van der Waals surface area contributed by atoms with Gasteiger partial charge in [0.25, 0.3) is 11.6 Å². The molecule has 0 N–H and O–H groups in total. The van der Waals surface area contributed by atoms with E-state index in [2.05, 4.69) is 0 Å². The Labute approximate surface area is 198 Å². The molecule has 1 aliphatic heterocycles. The highest BCUT2D eigenvalue weighted by molar-refractivity contribution is 8.27. The molecule has 0 aliphatic carbocycles. The van der Waals surface area contributed by atoms with Crippen molar-refractivity contribution in [2.75, 3.05) is 4.90 Å². The molecule has 1 amide bonds. The summed E-state index contributed by atoms with van der Waals surface area (Å²) in [6, 6.07) is 20.5. The van der Waals surface area contributed by atoms with Crippen LogP contribution in [0, 0.1) is 10.1 Å². The molecule has 3 aromatic carbocycles. The summed E-state index contributed by atoms with van der Waals surface area (Å²) >= 11 is 12.4. The van der Waals surface area contributed by atoms with Crippen LogP contribution in [0.3, 0.4) is 0 Å². The first-order chi connectivity index (χ1) is 15.4. The number of thiocarbonyl (C=S) groups is 1. The lowest BCUT2D eigenvalue weighted by atomic mass is 10.2. The van der Waals surface area contributed by atoms with E-state index in [-0.39, 0.29) is 11.6 Å². The predicted molar refractivity (Wildman–Crippen MR) is 131 cm³/mol. The Bertz CT molecular complexity index is 1210. The molecule has 1 saturated heterocycles. The zero-order valence-electron chi connectivity index (χ0n) is 16.4. The molecule has 3 aromatic rings. The number of nitro benzene ring substituents is 1. The maximum Gasteiger partial charge on any atom is 0.270 e. The minimum Gasteiger partial charge on any atom is -0.489 e. The predicted octanol–water partition coefficient (Wildman–Crippen LogP) is 6.23. The van der Waals surface area contributed by atoms with Gasteiger partial charge in [-0.1, -0.05) is 59.8 Å². The molecule has 1 aliphatic rings. The van der Waals surface area contributed by atoms with Crippen molar-refractivity contribution in [1.82, 2.24) is 0 Å². The van der Waals surface area contributed by atoms with Crippen molar-refractivity contribution in [2.24, 2.45) is 0 Å². The summed E-state index contributed by atoms with van der Waals surface area (Å²) in [6.45, 7) is 0.421. The number of benzene rings is 3. The van der Waals surface area contributed by atoms with Crippen LogP contribution in [0.1, 0.15) is 11.1 Å². The van der Waals surface area contributed by atoms with Crippen LogP contribution >= 0.6 is 35.6 Å². The molecule has 0 spiro atoms. The van der Waals surface area contributed by atoms with Crippen LogP contribution in [0.25, 0.3) is 6.08 Å². The summed E-state index contributed by atoms with van der Waals surface area (Å²) in [5, 5.41) is 11.5. The van der Waals surface area contributed by atoms with Crippen LogP contribution in [-0.2, 0) is 11.4 Å². The van der Waals surface area contributed by atoms with E-state index in [1.807, 2.05) is 48.5 Å². The summed E-state index contributed by atoms with van der Waals surface area (Å²) in [6.07, 6.45) is 1.76. The second kappa shape index (κ2) is 9.52. The topological polar surface area (TPSA) is 72.7 Å². The molecule has 160 valence electrons. The van der Waals surface area contributed by atoms with E-state index in [0.29, 0.717) is 32.3 Å². The third-order valence-corrected chi connectivity index (χ3v) is 6.16. The quantitative estimate of drug-likeness (QED) is 0.179. The number of thioether (sulfide) groups is 1. The SMILES string of the molecule is O=C1/C(=C/c2ccc(OCc3ccc(Cl)cc3)cc2)SC(=S)N1c1ccc([N+](=O)[O-])cc1. The Morgan fingerprint density at radius 3 is 2.31 bits per heavy atom. The average molecular weight is 483 g/mol. The number of carbonyl (C=O) groups excluding carboxylic acids is 1. The number of carbonyl (C=O) groups is 1. The van der Waals surface area contributed by atoms with Gasteiger partial charge in [0.15, 0.2) is 4.32 Å². The first-order valence-corrected chi connectivity index (χ1v) is 11.0. The van der Waals surface area contributed by atoms with E-state index < -0.39 is 4.92 Å². The van der Waals surface area contributed by atoms with Crippen LogP contribution in [0.4, 0.5) is 11.4 Å². The molecule has 0 unspecified atom stereocenters. The van der Waals surface area contributed by atoms with Gasteiger partial charge < -0.3 is 4.74 Å². The Hall–Kier alpha value is -3.20. The van der Waals surface area contributed by atoms with Crippen molar-refractivity contribution in [3.05, 3.63) is 104 Å². The van der Waals surface area contributed by atoms with E-state index >= 15 is 0 Å². The Kier molecular flexibility index (Phi) is 6.55. The van der Waals surface area contributed by atoms with E-state index in [1.54, 1.807) is 6.08 Å². The Balaban J connectivity index is 1.44. The van der Waals surface area contributed by atoms with Crippen LogP contribution in [0.2, 0.25) is 5.02 Å². The number of anilines is 1. The molecule has 32 heavy (non-hydrogen) atoms. The van der Waals surface area contributed by atoms with Gasteiger partial charge in [-0.05, 0) is 53.6 Å². The van der Waals surface area contributed by atoms with E-state index in [0.717, 1.165) is 11.1 Å². The lowest BCUT2D eigenvalue weighted by molar-refractivity contribution is -0.384. The van der Waals surface area contributed by atoms with Gasteiger partial charge in [0, 0.05) is 17.2 Å². The smallest absolute Gasteiger partial charge is 0.270 e. The number of ether oxygens (including phenoxy) is 1. The van der Waals surface area contributed by atoms with Crippen molar-refractivity contribution >= 4 is 63.3 Å². The minimum atomic E-state index is -0.489. The third kappa shape index (κ3) is 4.99. The zero-order chi connectivity index (χ0) is 22.7. The molecule has 0 saturated carbocycles. The Morgan fingerprint density at radius 1 is 1.03 bits per heavy atom. The van der Waals surface area contributed by atoms with Crippen molar-refractivity contribution in [3.63, 3.8) is 0 Å². The number of hydrogen-bond acceptors (Lipinski definition) is 6. The van der Waals surface area contributed by atoms with E-state index in [4.69, 9.17) is 28.6 Å². The second-order valence-corrected chi connectivity index (χ2v) is 8.89. The third-order valence-electron chi connectivity index (χ3n) is 4.61. The number of nitro groups is 1. The zero-order valence-corrected chi connectivity index (χ0v) is 18.8. The summed E-state index contributed by atoms with van der Waals surface area (Å²) in [7, 11) is 0. The number of nitrogens with zero attached hydrogens (tertiary/aromatic N) is 2. The highest BCUT2D eigenvalue weighted by Gasteiger charge is 2.33. The second-order valence-electron chi connectivity index (χ2n) is 6.77. The van der Waals surface area contributed by atoms with Gasteiger partial charge in [-0.15, -0.1) is 0 Å². The first-order valence-electron chi connectivity index (χ1n) is 9.40. The van der Waals surface area contributed by atoms with Crippen LogP contribution < -0.4 is 9.64 Å². The monoisotopic (exact) mass is 482 g/mol. The summed E-state index contributed by atoms with van der Waals surface area (Å²) in [5.41, 5.74) is 2.28. The molecule has 1 heterocycles. The molecule has 0 atom stereocenters. The van der Waals surface area contributed by atoms with Crippen molar-refractivity contribution < 1.29 is 14.5 Å². The van der Waals surface area contributed by atoms with Gasteiger partial charge >= 0.3 is 0 Å². The molecule has 0 bridgehead atoms. The number of halogens is 1. The lowest BCUT2D eigenvalue weighted by Crippen LogP contribution is -2.27. The molecule has 0 aromatic heterocycles. The minimum absolute atomic E-state index is 0.0481. The van der Waals surface area contributed by atoms with Crippen LogP contribution in [0.5, 0.6) is 5.75 Å². The standard InChI is InChI=1S/C23H15ClN2O4S2/c24-17-5-1-16(2-6-17)14-30-20-11-3-15(4-12-20)13-21-22(27)25(23(31)32-21)18-7-9-19(10-8-18)26(28)29/h1-13H,14H2/b21-13-. The summed E-state index contributed by atoms with van der Waals surface area (Å²) in [4.78, 5) is 25.1. The molecule has 6 nitrogen and oxygen atoms in total. The molecule has 0 radical (unpaired) electrons. The van der Waals surface area contributed by atoms with Gasteiger partial charge in [-0.25, -0.2) is 0 Å². The molecule has 1 fully saturated rings. The number of hydrogen-bond donors (Lipinski definition) is 0. The molecule has 4 rings (SSSR count). The van der Waals surface area contributed by atoms with Crippen LogP contribution in [-0.4, -0.2) is 15.2 Å². The average Bonchev–Trinajstić information content (AvgIpc) is 3.07. The lowest BCUT2D eigenvalue weighted by Gasteiger charge is -2.13. The van der Waals surface area contributed by atoms with Crippen LogP contribution in [0.15, 0.2) is 77.7 Å². The van der Waals surface area contributed by atoms with Gasteiger partial charge in [0.1, 0.15) is 12.4 Å². The molecular formula is C23H15ClN2O4S2. The van der Waals surface area contributed by atoms with E-state index in [9.17, 15) is 14.9 Å². The number of amides is 1. The van der Waals surface area contributed by atoms with Gasteiger partial charge in [-0.2, -0.15) is 0 Å². The van der Waals surface area contributed by atoms with Crippen molar-refractivity contribution in [1.29, 1.82) is 0 Å². The summed E-state index contributed by atoms with van der Waals surface area (Å²) < 4.78 is 6.16. The molecular weight excluding hydrogens is 468 g/mol. The fraction of sp³-hybridized carbons (Fsp3) is 0.0435. The summed E-state index contributed by atoms with van der Waals surface area (Å²) in [5.74, 6) is 0.437.